The van der Waals surface area contributed by atoms with E-state index in [1.165, 1.54) is 0 Å². The number of hydrogen-bond acceptors (Lipinski definition) is 1. The van der Waals surface area contributed by atoms with Crippen molar-refractivity contribution < 1.29 is 5.11 Å². The van der Waals surface area contributed by atoms with Crippen molar-refractivity contribution in [3.63, 3.8) is 0 Å². The average Bonchev–Trinajstić information content (AvgIpc) is 2.30. The predicted octanol–water partition coefficient (Wildman–Crippen LogP) is 3.63. The minimum Gasteiger partial charge on any atom is -0.382 e. The molecule has 0 unspecified atom stereocenters. The first-order valence-electron chi connectivity index (χ1n) is 4.96. The summed E-state index contributed by atoms with van der Waals surface area (Å²) in [5.74, 6) is 0. The first-order chi connectivity index (χ1) is 7.29. The largest absolute Gasteiger partial charge is 0.382 e. The Kier molecular flexibility index (Phi) is 2.84. The topological polar surface area (TPSA) is 20.2 Å². The summed E-state index contributed by atoms with van der Waals surface area (Å²) in [6, 6.07) is 17.9. The van der Waals surface area contributed by atoms with Crippen LogP contribution in [-0.2, 0) is 0 Å². The highest BCUT2D eigenvalue weighted by Gasteiger charge is 2.08. The lowest BCUT2D eigenvalue weighted by Crippen LogP contribution is -1.95. The van der Waals surface area contributed by atoms with Crippen molar-refractivity contribution in [2.75, 3.05) is 0 Å². The molecule has 75 valence electrons. The van der Waals surface area contributed by atoms with Crippen LogP contribution in [0.1, 0.15) is 12.5 Å². The van der Waals surface area contributed by atoms with Crippen LogP contribution in [0.5, 0.6) is 0 Å². The molecule has 0 heterocycles. The van der Waals surface area contributed by atoms with Gasteiger partial charge in [-0.05, 0) is 23.6 Å². The maximum Gasteiger partial charge on any atom is 0.120 e. The van der Waals surface area contributed by atoms with Crippen molar-refractivity contribution in [3.05, 3.63) is 66.3 Å². The molecule has 2 rings (SSSR count). The van der Waals surface area contributed by atoms with E-state index in [2.05, 4.69) is 0 Å². The average molecular weight is 197 g/mol. The summed E-state index contributed by atoms with van der Waals surface area (Å²) in [4.78, 5) is 0. The molecule has 15 heavy (non-hydrogen) atoms. The summed E-state index contributed by atoms with van der Waals surface area (Å²) in [7, 11) is 0. The molecule has 1 nitrogen and oxygen atoms in total. The highest BCUT2D eigenvalue weighted by Crippen LogP contribution is 2.27. The number of hydrogen-bond donors (Lipinski definition) is 1. The predicted molar refractivity (Wildman–Crippen MR) is 61.8 cm³/mol. The molecular formula is C14H13O. The van der Waals surface area contributed by atoms with E-state index < -0.39 is 0 Å². The van der Waals surface area contributed by atoms with Crippen LogP contribution >= 0.6 is 0 Å². The van der Waals surface area contributed by atoms with Gasteiger partial charge in [0.2, 0.25) is 0 Å². The molecule has 0 saturated carbocycles. The molecule has 0 spiro atoms. The van der Waals surface area contributed by atoms with Crippen LogP contribution in [0.2, 0.25) is 0 Å². The zero-order valence-electron chi connectivity index (χ0n) is 8.64. The van der Waals surface area contributed by atoms with E-state index in [4.69, 9.17) is 0 Å². The standard InChI is InChI=1S/C14H13O/c1-11(15)13-9-5-6-10-14(13)12-7-3-2-4-8-12/h2-10,15H,1H3. The number of rotatable bonds is 2. The van der Waals surface area contributed by atoms with E-state index in [1.54, 1.807) is 6.92 Å². The lowest BCUT2D eigenvalue weighted by molar-refractivity contribution is 0.341. The van der Waals surface area contributed by atoms with Gasteiger partial charge in [-0.2, -0.15) is 0 Å². The van der Waals surface area contributed by atoms with Crippen molar-refractivity contribution in [3.8, 4) is 11.1 Å². The second-order valence-corrected chi connectivity index (χ2v) is 3.50. The van der Waals surface area contributed by atoms with Crippen LogP contribution < -0.4 is 0 Å². The molecule has 0 aliphatic carbocycles. The molecule has 0 bridgehead atoms. The third kappa shape index (κ3) is 2.08. The Morgan fingerprint density at radius 2 is 1.47 bits per heavy atom. The molecule has 2 aromatic rings. The number of aliphatic hydroxyl groups excluding tert-OH is 1. The molecule has 1 radical (unpaired) electrons. The Balaban J connectivity index is 2.53. The van der Waals surface area contributed by atoms with Gasteiger partial charge in [0.1, 0.15) is 6.10 Å². The van der Waals surface area contributed by atoms with Crippen LogP contribution in [0.4, 0.5) is 0 Å². The van der Waals surface area contributed by atoms with E-state index in [1.807, 2.05) is 54.6 Å². The van der Waals surface area contributed by atoms with Crippen LogP contribution in [0, 0.1) is 6.10 Å². The first kappa shape index (κ1) is 9.94. The molecule has 0 fully saturated rings. The van der Waals surface area contributed by atoms with Crippen LogP contribution in [0.25, 0.3) is 11.1 Å². The van der Waals surface area contributed by atoms with Crippen LogP contribution in [0.15, 0.2) is 54.6 Å². The Morgan fingerprint density at radius 3 is 2.13 bits per heavy atom. The van der Waals surface area contributed by atoms with Crippen molar-refractivity contribution in [1.29, 1.82) is 0 Å². The van der Waals surface area contributed by atoms with Gasteiger partial charge in [0, 0.05) is 0 Å². The van der Waals surface area contributed by atoms with Gasteiger partial charge in [0.15, 0.2) is 0 Å². The monoisotopic (exact) mass is 197 g/mol. The third-order valence-electron chi connectivity index (χ3n) is 2.40. The van der Waals surface area contributed by atoms with E-state index in [9.17, 15) is 5.11 Å². The van der Waals surface area contributed by atoms with Crippen molar-refractivity contribution >= 4 is 0 Å². The lowest BCUT2D eigenvalue weighted by Gasteiger charge is -2.10. The Hall–Kier alpha value is -1.60. The smallest absolute Gasteiger partial charge is 0.120 e. The molecule has 0 aromatic heterocycles. The van der Waals surface area contributed by atoms with E-state index >= 15 is 0 Å². The Labute approximate surface area is 90.0 Å². The SMILES string of the molecule is C[C](O)c1ccccc1-c1ccccc1. The molecule has 1 N–H and O–H groups in total. The summed E-state index contributed by atoms with van der Waals surface area (Å²) in [6.07, 6.45) is 0.356. The Bertz CT molecular complexity index is 432. The quantitative estimate of drug-likeness (QED) is 0.779. The minimum absolute atomic E-state index is 0.356. The highest BCUT2D eigenvalue weighted by atomic mass is 16.3. The summed E-state index contributed by atoms with van der Waals surface area (Å²) < 4.78 is 0. The second kappa shape index (κ2) is 4.28. The molecule has 0 atom stereocenters. The maximum atomic E-state index is 9.58. The summed E-state index contributed by atoms with van der Waals surface area (Å²) in [6.45, 7) is 1.71. The normalized spacial score (nSPS) is 10.6. The molecule has 0 aliphatic rings. The highest BCUT2D eigenvalue weighted by molar-refractivity contribution is 5.69. The lowest BCUT2D eigenvalue weighted by atomic mass is 9.97. The molecule has 0 saturated heterocycles. The van der Waals surface area contributed by atoms with E-state index in [-0.39, 0.29) is 0 Å². The maximum absolute atomic E-state index is 9.58. The zero-order chi connectivity index (χ0) is 10.7. The van der Waals surface area contributed by atoms with Gasteiger partial charge in [0.25, 0.3) is 0 Å². The number of benzene rings is 2. The van der Waals surface area contributed by atoms with E-state index in [0.29, 0.717) is 6.10 Å². The third-order valence-corrected chi connectivity index (χ3v) is 2.40. The van der Waals surface area contributed by atoms with Gasteiger partial charge >= 0.3 is 0 Å². The minimum atomic E-state index is 0.356. The molecule has 0 amide bonds. The number of aliphatic hydroxyl groups is 1. The van der Waals surface area contributed by atoms with Gasteiger partial charge < -0.3 is 5.11 Å². The van der Waals surface area contributed by atoms with Gasteiger partial charge in [-0.3, -0.25) is 0 Å². The Morgan fingerprint density at radius 1 is 0.867 bits per heavy atom. The summed E-state index contributed by atoms with van der Waals surface area (Å²) in [5.41, 5.74) is 3.09. The van der Waals surface area contributed by atoms with Crippen molar-refractivity contribution in [2.24, 2.45) is 0 Å². The van der Waals surface area contributed by atoms with Crippen LogP contribution in [0.3, 0.4) is 0 Å². The first-order valence-corrected chi connectivity index (χ1v) is 4.96. The van der Waals surface area contributed by atoms with Crippen molar-refractivity contribution in [2.45, 2.75) is 6.92 Å². The fourth-order valence-electron chi connectivity index (χ4n) is 1.67. The second-order valence-electron chi connectivity index (χ2n) is 3.50. The zero-order valence-corrected chi connectivity index (χ0v) is 8.64. The molecular weight excluding hydrogens is 184 g/mol. The fraction of sp³-hybridized carbons (Fsp3) is 0.0714. The fourth-order valence-corrected chi connectivity index (χ4v) is 1.67. The van der Waals surface area contributed by atoms with Gasteiger partial charge in [0.05, 0.1) is 0 Å². The van der Waals surface area contributed by atoms with Crippen molar-refractivity contribution in [1.82, 2.24) is 0 Å². The summed E-state index contributed by atoms with van der Waals surface area (Å²) >= 11 is 0. The molecule has 2 aromatic carbocycles. The van der Waals surface area contributed by atoms with E-state index in [0.717, 1.165) is 16.7 Å². The van der Waals surface area contributed by atoms with Gasteiger partial charge in [-0.15, -0.1) is 0 Å². The van der Waals surface area contributed by atoms with Gasteiger partial charge in [-0.1, -0.05) is 54.6 Å². The van der Waals surface area contributed by atoms with Gasteiger partial charge in [-0.25, -0.2) is 0 Å². The summed E-state index contributed by atoms with van der Waals surface area (Å²) in [5, 5.41) is 9.58. The van der Waals surface area contributed by atoms with Crippen LogP contribution in [-0.4, -0.2) is 5.11 Å². The molecule has 0 aliphatic heterocycles. The molecule has 1 heteroatoms.